The molecule has 1 saturated heterocycles. The molecule has 2 amide bonds. The number of methoxy groups -OCH3 is 1. The van der Waals surface area contributed by atoms with Gasteiger partial charge in [0.1, 0.15) is 6.61 Å². The monoisotopic (exact) mass is 325 g/mol. The molecule has 0 aromatic rings. The smallest absolute Gasteiger partial charge is 0.248 e. The van der Waals surface area contributed by atoms with Gasteiger partial charge in [-0.15, -0.1) is 0 Å². The molecular formula is C17H31N3O3. The minimum atomic E-state index is -0.0421. The second kappa shape index (κ2) is 8.64. The summed E-state index contributed by atoms with van der Waals surface area (Å²) in [6.45, 7) is 7.04. The van der Waals surface area contributed by atoms with Gasteiger partial charge < -0.3 is 15.0 Å². The predicted octanol–water partition coefficient (Wildman–Crippen LogP) is 0.860. The van der Waals surface area contributed by atoms with Crippen LogP contribution in [-0.2, 0) is 14.3 Å². The molecule has 0 spiro atoms. The average Bonchev–Trinajstić information content (AvgIpc) is 3.01. The van der Waals surface area contributed by atoms with E-state index in [9.17, 15) is 9.59 Å². The second-order valence-corrected chi connectivity index (χ2v) is 7.00. The van der Waals surface area contributed by atoms with Crippen LogP contribution in [0.15, 0.2) is 0 Å². The van der Waals surface area contributed by atoms with Crippen molar-refractivity contribution in [3.05, 3.63) is 0 Å². The van der Waals surface area contributed by atoms with Crippen molar-refractivity contribution in [1.82, 2.24) is 15.1 Å². The van der Waals surface area contributed by atoms with Gasteiger partial charge in [-0.05, 0) is 32.6 Å². The van der Waals surface area contributed by atoms with E-state index in [0.717, 1.165) is 25.9 Å². The van der Waals surface area contributed by atoms with Gasteiger partial charge in [-0.1, -0.05) is 12.8 Å². The van der Waals surface area contributed by atoms with E-state index < -0.39 is 0 Å². The van der Waals surface area contributed by atoms with Crippen molar-refractivity contribution in [2.45, 2.75) is 51.6 Å². The third-order valence-electron chi connectivity index (χ3n) is 4.87. The third kappa shape index (κ3) is 4.91. The number of carbonyl (C=O) groups excluding carboxylic acids is 2. The number of hydrogen-bond donors (Lipinski definition) is 1. The van der Waals surface area contributed by atoms with Crippen LogP contribution in [0.5, 0.6) is 0 Å². The molecule has 1 saturated carbocycles. The molecule has 1 N–H and O–H groups in total. The Hall–Kier alpha value is -1.14. The normalized spacial score (nSPS) is 21.7. The maximum absolute atomic E-state index is 12.7. The lowest BCUT2D eigenvalue weighted by Crippen LogP contribution is -2.58. The summed E-state index contributed by atoms with van der Waals surface area (Å²) in [5, 5.41) is 3.09. The van der Waals surface area contributed by atoms with Gasteiger partial charge in [-0.3, -0.25) is 14.5 Å². The van der Waals surface area contributed by atoms with Crippen LogP contribution in [0, 0.1) is 5.92 Å². The van der Waals surface area contributed by atoms with Crippen molar-refractivity contribution in [3.8, 4) is 0 Å². The van der Waals surface area contributed by atoms with E-state index in [-0.39, 0.29) is 30.5 Å². The van der Waals surface area contributed by atoms with Gasteiger partial charge in [0.25, 0.3) is 0 Å². The van der Waals surface area contributed by atoms with Gasteiger partial charge >= 0.3 is 0 Å². The van der Waals surface area contributed by atoms with Crippen molar-refractivity contribution >= 4 is 11.8 Å². The predicted molar refractivity (Wildman–Crippen MR) is 89.1 cm³/mol. The maximum Gasteiger partial charge on any atom is 0.248 e. The molecule has 23 heavy (non-hydrogen) atoms. The molecule has 2 fully saturated rings. The van der Waals surface area contributed by atoms with Gasteiger partial charge in [-0.2, -0.15) is 0 Å². The Bertz CT molecular complexity index is 400. The number of ether oxygens (including phenoxy) is 1. The van der Waals surface area contributed by atoms with E-state index in [1.165, 1.54) is 12.8 Å². The molecule has 6 nitrogen and oxygen atoms in total. The topological polar surface area (TPSA) is 61.9 Å². The first kappa shape index (κ1) is 18.2. The lowest BCUT2D eigenvalue weighted by molar-refractivity contribution is -0.138. The second-order valence-electron chi connectivity index (χ2n) is 7.00. The Kier molecular flexibility index (Phi) is 6.84. The third-order valence-corrected chi connectivity index (χ3v) is 4.87. The zero-order valence-corrected chi connectivity index (χ0v) is 14.7. The number of nitrogens with zero attached hydrogens (tertiary/aromatic N) is 2. The van der Waals surface area contributed by atoms with Crippen molar-refractivity contribution in [3.63, 3.8) is 0 Å². The molecule has 132 valence electrons. The minimum absolute atomic E-state index is 0.0381. The zero-order valence-electron chi connectivity index (χ0n) is 14.7. The molecule has 0 bridgehead atoms. The van der Waals surface area contributed by atoms with E-state index in [1.54, 1.807) is 7.11 Å². The molecule has 2 rings (SSSR count). The first-order chi connectivity index (χ1) is 11.0. The molecule has 1 aliphatic carbocycles. The van der Waals surface area contributed by atoms with E-state index in [1.807, 2.05) is 18.7 Å². The summed E-state index contributed by atoms with van der Waals surface area (Å²) in [5.74, 6) is 0.648. The van der Waals surface area contributed by atoms with E-state index in [2.05, 4.69) is 10.2 Å². The quantitative estimate of drug-likeness (QED) is 0.787. The minimum Gasteiger partial charge on any atom is -0.375 e. The van der Waals surface area contributed by atoms with Crippen molar-refractivity contribution in [2.24, 2.45) is 5.92 Å². The highest BCUT2D eigenvalue weighted by molar-refractivity contribution is 5.82. The van der Waals surface area contributed by atoms with Gasteiger partial charge in [0.05, 0.1) is 6.04 Å². The number of hydrogen-bond acceptors (Lipinski definition) is 4. The van der Waals surface area contributed by atoms with Crippen LogP contribution in [0.4, 0.5) is 0 Å². The highest BCUT2D eigenvalue weighted by Crippen LogP contribution is 2.31. The highest BCUT2D eigenvalue weighted by Gasteiger charge is 2.37. The fraction of sp³-hybridized carbons (Fsp3) is 0.882. The van der Waals surface area contributed by atoms with Crippen LogP contribution in [0.3, 0.4) is 0 Å². The summed E-state index contributed by atoms with van der Waals surface area (Å²) in [6.07, 6.45) is 4.73. The summed E-state index contributed by atoms with van der Waals surface area (Å²) in [5.41, 5.74) is 0. The molecule has 1 atom stereocenters. The van der Waals surface area contributed by atoms with Gasteiger partial charge in [0.15, 0.2) is 0 Å². The van der Waals surface area contributed by atoms with Crippen LogP contribution in [0.1, 0.15) is 39.5 Å². The summed E-state index contributed by atoms with van der Waals surface area (Å²) in [6, 6.07) is 0.121. The van der Waals surface area contributed by atoms with Gasteiger partial charge in [0, 0.05) is 39.3 Å². The molecule has 1 unspecified atom stereocenters. The first-order valence-corrected chi connectivity index (χ1v) is 8.84. The van der Waals surface area contributed by atoms with E-state index in [0.29, 0.717) is 19.0 Å². The Balaban J connectivity index is 1.97. The SMILES string of the molecule is COCC(=O)N1CCN(C(C(=O)NC(C)C)C2CCCC2)CC1. The largest absolute Gasteiger partial charge is 0.375 e. The summed E-state index contributed by atoms with van der Waals surface area (Å²) >= 11 is 0. The number of piperazine rings is 1. The van der Waals surface area contributed by atoms with Gasteiger partial charge in [0.2, 0.25) is 11.8 Å². The van der Waals surface area contributed by atoms with Crippen LogP contribution < -0.4 is 5.32 Å². The molecule has 0 radical (unpaired) electrons. The van der Waals surface area contributed by atoms with E-state index in [4.69, 9.17) is 4.74 Å². The lowest BCUT2D eigenvalue weighted by Gasteiger charge is -2.41. The lowest BCUT2D eigenvalue weighted by atomic mass is 9.94. The summed E-state index contributed by atoms with van der Waals surface area (Å²) < 4.78 is 4.93. The molecule has 2 aliphatic rings. The van der Waals surface area contributed by atoms with Crippen LogP contribution in [0.25, 0.3) is 0 Å². The number of rotatable bonds is 6. The standard InChI is InChI=1S/C17H31N3O3/c1-13(2)18-17(22)16(14-6-4-5-7-14)20-10-8-19(9-11-20)15(21)12-23-3/h13-14,16H,4-12H2,1-3H3,(H,18,22). The molecule has 1 heterocycles. The van der Waals surface area contributed by atoms with Crippen molar-refractivity contribution in [2.75, 3.05) is 39.9 Å². The zero-order chi connectivity index (χ0) is 16.8. The molecule has 0 aromatic carbocycles. The van der Waals surface area contributed by atoms with Crippen LogP contribution >= 0.6 is 0 Å². The van der Waals surface area contributed by atoms with Crippen molar-refractivity contribution in [1.29, 1.82) is 0 Å². The van der Waals surface area contributed by atoms with E-state index >= 15 is 0 Å². The van der Waals surface area contributed by atoms with Crippen molar-refractivity contribution < 1.29 is 14.3 Å². The summed E-state index contributed by atoms with van der Waals surface area (Å²) in [4.78, 5) is 28.7. The number of carbonyl (C=O) groups is 2. The van der Waals surface area contributed by atoms with Crippen LogP contribution in [-0.4, -0.2) is 73.6 Å². The Morgan fingerprint density at radius 2 is 1.74 bits per heavy atom. The first-order valence-electron chi connectivity index (χ1n) is 8.84. The highest BCUT2D eigenvalue weighted by atomic mass is 16.5. The maximum atomic E-state index is 12.7. The fourth-order valence-electron chi connectivity index (χ4n) is 3.79. The molecule has 1 aliphatic heterocycles. The molecule has 0 aromatic heterocycles. The fourth-order valence-corrected chi connectivity index (χ4v) is 3.79. The number of nitrogens with one attached hydrogen (secondary N) is 1. The Morgan fingerprint density at radius 1 is 1.13 bits per heavy atom. The summed E-state index contributed by atoms with van der Waals surface area (Å²) in [7, 11) is 1.54. The average molecular weight is 325 g/mol. The number of amides is 2. The molecular weight excluding hydrogens is 294 g/mol. The van der Waals surface area contributed by atoms with Gasteiger partial charge in [-0.25, -0.2) is 0 Å². The Morgan fingerprint density at radius 3 is 2.26 bits per heavy atom. The van der Waals surface area contributed by atoms with Crippen LogP contribution in [0.2, 0.25) is 0 Å². The Labute approximate surface area is 139 Å². The molecule has 6 heteroatoms.